The normalized spacial score (nSPS) is 11.7. The molecule has 0 aliphatic heterocycles. The lowest BCUT2D eigenvalue weighted by Crippen LogP contribution is -2.28. The van der Waals surface area contributed by atoms with Crippen molar-refractivity contribution in [2.75, 3.05) is 5.75 Å². The molecule has 1 heterocycles. The van der Waals surface area contributed by atoms with Crippen LogP contribution in [0.3, 0.4) is 0 Å². The maximum Gasteiger partial charge on any atom is 0.251 e. The van der Waals surface area contributed by atoms with Crippen molar-refractivity contribution in [3.63, 3.8) is 0 Å². The van der Waals surface area contributed by atoms with Crippen LogP contribution in [0.5, 0.6) is 0 Å². The van der Waals surface area contributed by atoms with Gasteiger partial charge in [0.15, 0.2) is 11.0 Å². The molecule has 0 bridgehead atoms. The highest BCUT2D eigenvalue weighted by molar-refractivity contribution is 7.99. The number of nitrogens with zero attached hydrogens (tertiary/aromatic N) is 3. The third-order valence-electron chi connectivity index (χ3n) is 4.62. The summed E-state index contributed by atoms with van der Waals surface area (Å²) in [6.45, 7) is 4.16. The maximum atomic E-state index is 12.3. The SMILES string of the molecule is Cc1cccc(C(=O)NCc2nnc(SCC(=O)N[C@@H](C)c3ccccc3)n2C)c1. The Bertz CT molecular complexity index is 1020. The van der Waals surface area contributed by atoms with Gasteiger partial charge in [-0.2, -0.15) is 0 Å². The van der Waals surface area contributed by atoms with Crippen molar-refractivity contribution in [1.29, 1.82) is 0 Å². The monoisotopic (exact) mass is 423 g/mol. The Morgan fingerprint density at radius 2 is 1.87 bits per heavy atom. The summed E-state index contributed by atoms with van der Waals surface area (Å²) in [6.07, 6.45) is 0. The molecule has 1 aromatic heterocycles. The van der Waals surface area contributed by atoms with Crippen molar-refractivity contribution in [3.8, 4) is 0 Å². The first kappa shape index (κ1) is 21.6. The highest BCUT2D eigenvalue weighted by Gasteiger charge is 2.14. The summed E-state index contributed by atoms with van der Waals surface area (Å²) < 4.78 is 1.79. The van der Waals surface area contributed by atoms with Gasteiger partial charge in [-0.15, -0.1) is 10.2 Å². The standard InChI is InChI=1S/C22H25N5O2S/c1-15-8-7-11-18(12-15)21(29)23-13-19-25-26-22(27(19)3)30-14-20(28)24-16(2)17-9-5-4-6-10-17/h4-12,16H,13-14H2,1-3H3,(H,23,29)(H,24,28)/t16-/m0/s1. The first-order chi connectivity index (χ1) is 14.4. The number of aryl methyl sites for hydroxylation is 1. The molecule has 2 amide bonds. The third kappa shape index (κ3) is 5.70. The average Bonchev–Trinajstić information content (AvgIpc) is 3.10. The van der Waals surface area contributed by atoms with E-state index in [4.69, 9.17) is 0 Å². The van der Waals surface area contributed by atoms with Gasteiger partial charge in [-0.3, -0.25) is 9.59 Å². The predicted octanol–water partition coefficient (Wildman–Crippen LogP) is 3.02. The fraction of sp³-hybridized carbons (Fsp3) is 0.273. The fourth-order valence-electron chi connectivity index (χ4n) is 2.91. The number of amides is 2. The molecule has 0 saturated heterocycles. The molecule has 30 heavy (non-hydrogen) atoms. The van der Waals surface area contributed by atoms with Gasteiger partial charge < -0.3 is 15.2 Å². The maximum absolute atomic E-state index is 12.3. The summed E-state index contributed by atoms with van der Waals surface area (Å²) in [5.74, 6) is 0.620. The highest BCUT2D eigenvalue weighted by atomic mass is 32.2. The first-order valence-corrected chi connectivity index (χ1v) is 10.6. The molecule has 0 unspecified atom stereocenters. The highest BCUT2D eigenvalue weighted by Crippen LogP contribution is 2.17. The molecule has 7 nitrogen and oxygen atoms in total. The van der Waals surface area contributed by atoms with Crippen molar-refractivity contribution in [1.82, 2.24) is 25.4 Å². The van der Waals surface area contributed by atoms with Crippen LogP contribution in [-0.2, 0) is 18.4 Å². The van der Waals surface area contributed by atoms with Crippen molar-refractivity contribution >= 4 is 23.6 Å². The van der Waals surface area contributed by atoms with Gasteiger partial charge >= 0.3 is 0 Å². The third-order valence-corrected chi connectivity index (χ3v) is 5.64. The molecule has 0 saturated carbocycles. The van der Waals surface area contributed by atoms with E-state index in [1.165, 1.54) is 11.8 Å². The first-order valence-electron chi connectivity index (χ1n) is 9.64. The molecule has 8 heteroatoms. The molecule has 3 aromatic rings. The topological polar surface area (TPSA) is 88.9 Å². The van der Waals surface area contributed by atoms with Crippen molar-refractivity contribution in [3.05, 3.63) is 77.1 Å². The van der Waals surface area contributed by atoms with E-state index >= 15 is 0 Å². The zero-order valence-corrected chi connectivity index (χ0v) is 18.1. The second-order valence-electron chi connectivity index (χ2n) is 7.00. The van der Waals surface area contributed by atoms with E-state index in [0.717, 1.165) is 11.1 Å². The lowest BCUT2D eigenvalue weighted by molar-refractivity contribution is -0.119. The Hall–Kier alpha value is -3.13. The number of aromatic nitrogens is 3. The lowest BCUT2D eigenvalue weighted by Gasteiger charge is -2.14. The van der Waals surface area contributed by atoms with E-state index in [0.29, 0.717) is 16.5 Å². The van der Waals surface area contributed by atoms with Gasteiger partial charge in [0.05, 0.1) is 18.3 Å². The van der Waals surface area contributed by atoms with Crippen LogP contribution >= 0.6 is 11.8 Å². The lowest BCUT2D eigenvalue weighted by atomic mass is 10.1. The number of carbonyl (C=O) groups is 2. The van der Waals surface area contributed by atoms with Gasteiger partial charge in [0.1, 0.15) is 0 Å². The van der Waals surface area contributed by atoms with E-state index in [9.17, 15) is 9.59 Å². The van der Waals surface area contributed by atoms with E-state index < -0.39 is 0 Å². The Kier molecular flexibility index (Phi) is 7.24. The summed E-state index contributed by atoms with van der Waals surface area (Å²) in [7, 11) is 1.82. The van der Waals surface area contributed by atoms with Gasteiger partial charge in [-0.1, -0.05) is 59.8 Å². The minimum Gasteiger partial charge on any atom is -0.349 e. The predicted molar refractivity (Wildman–Crippen MR) is 117 cm³/mol. The molecule has 2 aromatic carbocycles. The summed E-state index contributed by atoms with van der Waals surface area (Å²) in [6, 6.07) is 17.2. The summed E-state index contributed by atoms with van der Waals surface area (Å²) in [5.41, 5.74) is 2.69. The summed E-state index contributed by atoms with van der Waals surface area (Å²) in [4.78, 5) is 24.6. The van der Waals surface area contributed by atoms with Gasteiger partial charge in [-0.05, 0) is 31.5 Å². The number of hydrogen-bond acceptors (Lipinski definition) is 5. The van der Waals surface area contributed by atoms with Crippen molar-refractivity contribution < 1.29 is 9.59 Å². The molecule has 2 N–H and O–H groups in total. The van der Waals surface area contributed by atoms with Crippen molar-refractivity contribution in [2.45, 2.75) is 31.6 Å². The Labute approximate surface area is 180 Å². The van der Waals surface area contributed by atoms with E-state index in [1.54, 1.807) is 10.6 Å². The van der Waals surface area contributed by atoms with Gasteiger partial charge in [0, 0.05) is 12.6 Å². The molecule has 0 radical (unpaired) electrons. The Balaban J connectivity index is 1.50. The van der Waals surface area contributed by atoms with Crippen LogP contribution in [0.25, 0.3) is 0 Å². The smallest absolute Gasteiger partial charge is 0.251 e. The van der Waals surface area contributed by atoms with E-state index in [1.807, 2.05) is 69.4 Å². The van der Waals surface area contributed by atoms with Gasteiger partial charge in [0.25, 0.3) is 5.91 Å². The molecule has 0 aliphatic carbocycles. The molecule has 3 rings (SSSR count). The Morgan fingerprint density at radius 3 is 2.60 bits per heavy atom. The van der Waals surface area contributed by atoms with Gasteiger partial charge in [0.2, 0.25) is 5.91 Å². The minimum absolute atomic E-state index is 0.0637. The van der Waals surface area contributed by atoms with Crippen LogP contribution in [0.1, 0.15) is 40.3 Å². The van der Waals surface area contributed by atoms with Crippen LogP contribution in [0, 0.1) is 6.92 Å². The van der Waals surface area contributed by atoms with Crippen LogP contribution in [0.4, 0.5) is 0 Å². The fourth-order valence-corrected chi connectivity index (χ4v) is 3.65. The molecular formula is C22H25N5O2S. The molecule has 156 valence electrons. The second-order valence-corrected chi connectivity index (χ2v) is 7.94. The van der Waals surface area contributed by atoms with Crippen LogP contribution < -0.4 is 10.6 Å². The zero-order chi connectivity index (χ0) is 21.5. The summed E-state index contributed by atoms with van der Waals surface area (Å²) in [5, 5.41) is 14.7. The molecule has 0 aliphatic rings. The number of thioether (sulfide) groups is 1. The van der Waals surface area contributed by atoms with E-state index in [2.05, 4.69) is 20.8 Å². The zero-order valence-electron chi connectivity index (χ0n) is 17.3. The second kappa shape index (κ2) is 10.1. The van der Waals surface area contributed by atoms with Crippen LogP contribution in [-0.4, -0.2) is 32.3 Å². The number of rotatable bonds is 8. The van der Waals surface area contributed by atoms with E-state index in [-0.39, 0.29) is 30.2 Å². The summed E-state index contributed by atoms with van der Waals surface area (Å²) >= 11 is 1.31. The van der Waals surface area contributed by atoms with Crippen LogP contribution in [0.15, 0.2) is 59.8 Å². The quantitative estimate of drug-likeness (QED) is 0.544. The van der Waals surface area contributed by atoms with Crippen LogP contribution in [0.2, 0.25) is 0 Å². The number of nitrogens with one attached hydrogen (secondary N) is 2. The van der Waals surface area contributed by atoms with Gasteiger partial charge in [-0.25, -0.2) is 0 Å². The average molecular weight is 424 g/mol. The number of hydrogen-bond donors (Lipinski definition) is 2. The largest absolute Gasteiger partial charge is 0.349 e. The molecular weight excluding hydrogens is 398 g/mol. The molecule has 0 spiro atoms. The minimum atomic E-state index is -0.162. The number of carbonyl (C=O) groups excluding carboxylic acids is 2. The molecule has 0 fully saturated rings. The molecule has 1 atom stereocenters. The Morgan fingerprint density at radius 1 is 1.10 bits per heavy atom. The number of benzene rings is 2. The van der Waals surface area contributed by atoms with Crippen molar-refractivity contribution in [2.24, 2.45) is 7.05 Å².